The molecule has 2 heterocycles. The summed E-state index contributed by atoms with van der Waals surface area (Å²) in [5.41, 5.74) is 1.05. The van der Waals surface area contributed by atoms with Gasteiger partial charge in [0.05, 0.1) is 0 Å². The molecule has 0 amide bonds. The summed E-state index contributed by atoms with van der Waals surface area (Å²) in [4.78, 5) is 2.55. The third kappa shape index (κ3) is 2.67. The molecule has 2 aliphatic rings. The highest BCUT2D eigenvalue weighted by atomic mass is 19.1. The van der Waals surface area contributed by atoms with Crippen LogP contribution < -0.4 is 5.32 Å². The third-order valence-corrected chi connectivity index (χ3v) is 4.93. The van der Waals surface area contributed by atoms with Crippen molar-refractivity contribution in [3.8, 4) is 0 Å². The molecular formula is C16H23FN2. The van der Waals surface area contributed by atoms with E-state index in [1.807, 2.05) is 6.07 Å². The largest absolute Gasteiger partial charge is 0.307 e. The molecule has 1 aromatic carbocycles. The number of halogens is 1. The molecule has 0 radical (unpaired) electrons. The van der Waals surface area contributed by atoms with Crippen LogP contribution >= 0.6 is 0 Å². The van der Waals surface area contributed by atoms with Crippen molar-refractivity contribution < 1.29 is 4.39 Å². The lowest BCUT2D eigenvalue weighted by Gasteiger charge is -2.38. The molecule has 0 aromatic heterocycles. The first kappa shape index (κ1) is 13.1. The molecule has 2 fully saturated rings. The fourth-order valence-corrected chi connectivity index (χ4v) is 3.77. The summed E-state index contributed by atoms with van der Waals surface area (Å²) >= 11 is 0. The molecule has 2 bridgehead atoms. The Kier molecular flexibility index (Phi) is 3.59. The summed E-state index contributed by atoms with van der Waals surface area (Å²) in [6.45, 7) is 2.13. The zero-order valence-electron chi connectivity index (χ0n) is 11.8. The van der Waals surface area contributed by atoms with Gasteiger partial charge in [0.15, 0.2) is 0 Å². The van der Waals surface area contributed by atoms with Crippen LogP contribution in [-0.4, -0.2) is 30.1 Å². The van der Waals surface area contributed by atoms with Crippen molar-refractivity contribution in [3.63, 3.8) is 0 Å². The molecule has 2 aliphatic heterocycles. The van der Waals surface area contributed by atoms with E-state index < -0.39 is 0 Å². The van der Waals surface area contributed by atoms with Gasteiger partial charge in [-0.15, -0.1) is 0 Å². The third-order valence-electron chi connectivity index (χ3n) is 4.93. The lowest BCUT2D eigenvalue weighted by molar-refractivity contribution is 0.144. The van der Waals surface area contributed by atoms with E-state index in [0.29, 0.717) is 6.04 Å². The van der Waals surface area contributed by atoms with Crippen molar-refractivity contribution in [3.05, 3.63) is 35.6 Å². The Labute approximate surface area is 115 Å². The van der Waals surface area contributed by atoms with E-state index >= 15 is 0 Å². The van der Waals surface area contributed by atoms with Gasteiger partial charge < -0.3 is 10.2 Å². The zero-order chi connectivity index (χ0) is 13.4. The van der Waals surface area contributed by atoms with Crippen molar-refractivity contribution >= 4 is 0 Å². The summed E-state index contributed by atoms with van der Waals surface area (Å²) in [5.74, 6) is -0.144. The van der Waals surface area contributed by atoms with Crippen LogP contribution in [0.4, 0.5) is 4.39 Å². The van der Waals surface area contributed by atoms with Crippen LogP contribution in [0.25, 0.3) is 0 Å². The van der Waals surface area contributed by atoms with Gasteiger partial charge in [-0.2, -0.15) is 0 Å². The number of piperidine rings is 1. The van der Waals surface area contributed by atoms with E-state index in [9.17, 15) is 4.39 Å². The van der Waals surface area contributed by atoms with Crippen LogP contribution in [0.15, 0.2) is 24.3 Å². The van der Waals surface area contributed by atoms with Gasteiger partial charge in [-0.05, 0) is 57.4 Å². The topological polar surface area (TPSA) is 15.3 Å². The first-order chi connectivity index (χ1) is 9.13. The Morgan fingerprint density at radius 2 is 1.95 bits per heavy atom. The number of hydrogen-bond donors (Lipinski definition) is 1. The lowest BCUT2D eigenvalue weighted by atomic mass is 9.96. The van der Waals surface area contributed by atoms with E-state index in [2.05, 4.69) is 24.2 Å². The van der Waals surface area contributed by atoms with Crippen molar-refractivity contribution in [1.29, 1.82) is 0 Å². The van der Waals surface area contributed by atoms with Gasteiger partial charge in [0, 0.05) is 24.2 Å². The molecule has 104 valence electrons. The molecule has 3 heteroatoms. The average Bonchev–Trinajstić information content (AvgIpc) is 2.62. The fourth-order valence-electron chi connectivity index (χ4n) is 3.77. The van der Waals surface area contributed by atoms with Gasteiger partial charge in [0.2, 0.25) is 0 Å². The van der Waals surface area contributed by atoms with E-state index in [0.717, 1.165) is 17.6 Å². The van der Waals surface area contributed by atoms with Crippen molar-refractivity contribution in [2.75, 3.05) is 7.05 Å². The van der Waals surface area contributed by atoms with E-state index in [-0.39, 0.29) is 11.9 Å². The second-order valence-electron chi connectivity index (χ2n) is 6.16. The molecule has 2 saturated heterocycles. The number of fused-ring (bicyclic) bond motifs is 2. The fraction of sp³-hybridized carbons (Fsp3) is 0.625. The van der Waals surface area contributed by atoms with Crippen molar-refractivity contribution in [2.24, 2.45) is 0 Å². The standard InChI is InChI=1S/C16H23FN2/c1-11(12-4-3-5-13(17)8-12)18-14-9-15-6-7-16(10-14)19(15)2/h3-5,8,11,14-16,18H,6-7,9-10H2,1-2H3/t11-,14?,15?,16?/m0/s1. The van der Waals surface area contributed by atoms with E-state index in [1.54, 1.807) is 12.1 Å². The molecule has 2 nitrogen and oxygen atoms in total. The molecule has 0 saturated carbocycles. The second-order valence-corrected chi connectivity index (χ2v) is 6.16. The summed E-state index contributed by atoms with van der Waals surface area (Å²) in [6.07, 6.45) is 5.14. The minimum atomic E-state index is -0.144. The molecule has 3 atom stereocenters. The normalized spacial score (nSPS) is 32.5. The number of nitrogens with zero attached hydrogens (tertiary/aromatic N) is 1. The molecule has 1 aromatic rings. The second kappa shape index (κ2) is 5.22. The molecule has 0 spiro atoms. The first-order valence-electron chi connectivity index (χ1n) is 7.37. The van der Waals surface area contributed by atoms with Crippen LogP contribution in [0.2, 0.25) is 0 Å². The Hall–Kier alpha value is -0.930. The summed E-state index contributed by atoms with van der Waals surface area (Å²) in [7, 11) is 2.26. The minimum Gasteiger partial charge on any atom is -0.307 e. The quantitative estimate of drug-likeness (QED) is 0.900. The molecule has 2 unspecified atom stereocenters. The van der Waals surface area contributed by atoms with E-state index in [1.165, 1.54) is 31.7 Å². The van der Waals surface area contributed by atoms with Gasteiger partial charge in [0.25, 0.3) is 0 Å². The number of benzene rings is 1. The molecule has 0 aliphatic carbocycles. The number of hydrogen-bond acceptors (Lipinski definition) is 2. The zero-order valence-corrected chi connectivity index (χ0v) is 11.8. The minimum absolute atomic E-state index is 0.144. The van der Waals surface area contributed by atoms with Crippen LogP contribution in [0.1, 0.15) is 44.2 Å². The van der Waals surface area contributed by atoms with Gasteiger partial charge in [-0.3, -0.25) is 0 Å². The Balaban J connectivity index is 1.63. The maximum atomic E-state index is 13.3. The predicted octanol–water partition coefficient (Wildman–Crippen LogP) is 3.10. The van der Waals surface area contributed by atoms with Gasteiger partial charge >= 0.3 is 0 Å². The Morgan fingerprint density at radius 1 is 1.26 bits per heavy atom. The first-order valence-corrected chi connectivity index (χ1v) is 7.37. The molecule has 3 rings (SSSR count). The average molecular weight is 262 g/mol. The van der Waals surface area contributed by atoms with Gasteiger partial charge in [-0.1, -0.05) is 12.1 Å². The Morgan fingerprint density at radius 3 is 2.58 bits per heavy atom. The monoisotopic (exact) mass is 262 g/mol. The molecule has 19 heavy (non-hydrogen) atoms. The van der Waals surface area contributed by atoms with Gasteiger partial charge in [0.1, 0.15) is 5.82 Å². The predicted molar refractivity (Wildman–Crippen MR) is 75.5 cm³/mol. The van der Waals surface area contributed by atoms with Gasteiger partial charge in [-0.25, -0.2) is 4.39 Å². The van der Waals surface area contributed by atoms with Crippen molar-refractivity contribution in [1.82, 2.24) is 10.2 Å². The summed E-state index contributed by atoms with van der Waals surface area (Å²) in [6, 6.07) is 9.24. The molecular weight excluding hydrogens is 239 g/mol. The van der Waals surface area contributed by atoms with Crippen LogP contribution in [0.5, 0.6) is 0 Å². The highest BCUT2D eigenvalue weighted by Crippen LogP contribution is 2.35. The summed E-state index contributed by atoms with van der Waals surface area (Å²) in [5, 5.41) is 3.69. The smallest absolute Gasteiger partial charge is 0.123 e. The lowest BCUT2D eigenvalue weighted by Crippen LogP contribution is -2.47. The van der Waals surface area contributed by atoms with Crippen LogP contribution in [-0.2, 0) is 0 Å². The van der Waals surface area contributed by atoms with Crippen LogP contribution in [0, 0.1) is 5.82 Å². The van der Waals surface area contributed by atoms with E-state index in [4.69, 9.17) is 0 Å². The summed E-state index contributed by atoms with van der Waals surface area (Å²) < 4.78 is 13.3. The SMILES string of the molecule is C[C@H](NC1CC2CCC(C1)N2C)c1cccc(F)c1. The Bertz CT molecular complexity index is 434. The van der Waals surface area contributed by atoms with Crippen molar-refractivity contribution in [2.45, 2.75) is 56.8 Å². The number of nitrogens with one attached hydrogen (secondary N) is 1. The number of rotatable bonds is 3. The highest BCUT2D eigenvalue weighted by Gasteiger charge is 2.38. The molecule has 1 N–H and O–H groups in total. The highest BCUT2D eigenvalue weighted by molar-refractivity contribution is 5.19. The van der Waals surface area contributed by atoms with Crippen LogP contribution in [0.3, 0.4) is 0 Å². The maximum absolute atomic E-state index is 13.3. The maximum Gasteiger partial charge on any atom is 0.123 e.